The summed E-state index contributed by atoms with van der Waals surface area (Å²) in [6.45, 7) is 4.41. The van der Waals surface area contributed by atoms with Crippen LogP contribution in [0.2, 0.25) is 0 Å². The molecule has 0 aliphatic rings. The number of rotatable bonds is 10. The first-order chi connectivity index (χ1) is 22.5. The first-order valence-corrected chi connectivity index (χ1v) is 16.0. The lowest BCUT2D eigenvalue weighted by atomic mass is 10.0. The number of hydrogen-bond donors (Lipinski definition) is 2. The summed E-state index contributed by atoms with van der Waals surface area (Å²) >= 11 is 1.32. The van der Waals surface area contributed by atoms with Crippen LogP contribution in [-0.4, -0.2) is 53.5 Å². The molecular formula is C36H37F2N5O3S. The number of thiophene rings is 1. The second-order valence-electron chi connectivity index (χ2n) is 11.7. The van der Waals surface area contributed by atoms with Gasteiger partial charge in [0.25, 0.3) is 5.91 Å². The van der Waals surface area contributed by atoms with Crippen molar-refractivity contribution in [1.82, 2.24) is 19.7 Å². The molecule has 8 nitrogen and oxygen atoms in total. The predicted octanol–water partition coefficient (Wildman–Crippen LogP) is 6.92. The Morgan fingerprint density at radius 3 is 2.17 bits per heavy atom. The van der Waals surface area contributed by atoms with Gasteiger partial charge in [-0.15, -0.1) is 11.3 Å². The van der Waals surface area contributed by atoms with Gasteiger partial charge in [-0.25, -0.2) is 13.6 Å². The van der Waals surface area contributed by atoms with E-state index in [1.54, 1.807) is 23.7 Å². The van der Waals surface area contributed by atoms with E-state index >= 15 is 0 Å². The highest BCUT2D eigenvalue weighted by Gasteiger charge is 2.27. The van der Waals surface area contributed by atoms with Crippen LogP contribution in [0.25, 0.3) is 20.7 Å². The maximum atomic E-state index is 15.0. The number of pyridine rings is 1. The lowest BCUT2D eigenvalue weighted by Gasteiger charge is -2.22. The normalized spacial score (nSPS) is 11.3. The number of hydrogen-bond acceptors (Lipinski definition) is 5. The molecule has 0 saturated heterocycles. The van der Waals surface area contributed by atoms with Crippen molar-refractivity contribution in [1.29, 1.82) is 0 Å². The molecule has 2 heterocycles. The van der Waals surface area contributed by atoms with Crippen molar-refractivity contribution in [2.75, 3.05) is 26.5 Å². The van der Waals surface area contributed by atoms with Crippen LogP contribution >= 0.6 is 11.3 Å². The van der Waals surface area contributed by atoms with Gasteiger partial charge in [-0.05, 0) is 61.9 Å². The minimum atomic E-state index is -0.720. The smallest absolute Gasteiger partial charge is 0.318 e. The summed E-state index contributed by atoms with van der Waals surface area (Å²) in [7, 11) is 5.10. The molecule has 0 unspecified atom stereocenters. The fourth-order valence-electron chi connectivity index (χ4n) is 5.35. The van der Waals surface area contributed by atoms with Crippen LogP contribution in [0.3, 0.4) is 0 Å². The summed E-state index contributed by atoms with van der Waals surface area (Å²) in [4.78, 5) is 44.8. The first kappa shape index (κ1) is 33.5. The second kappa shape index (κ2) is 14.3. The number of nitrogens with zero attached hydrogens (tertiary/aromatic N) is 3. The average molecular weight is 658 g/mol. The lowest BCUT2D eigenvalue weighted by Crippen LogP contribution is -2.36. The molecule has 2 aromatic heterocycles. The van der Waals surface area contributed by atoms with Crippen molar-refractivity contribution in [2.24, 2.45) is 0 Å². The molecule has 0 spiro atoms. The zero-order valence-corrected chi connectivity index (χ0v) is 27.8. The first-order valence-electron chi connectivity index (χ1n) is 15.2. The number of halogens is 2. The van der Waals surface area contributed by atoms with Gasteiger partial charge >= 0.3 is 6.03 Å². The van der Waals surface area contributed by atoms with E-state index in [2.05, 4.69) is 15.5 Å². The molecule has 0 radical (unpaired) electrons. The molecule has 5 rings (SSSR count). The summed E-state index contributed by atoms with van der Waals surface area (Å²) in [5.74, 6) is -1.92. The number of aromatic nitrogens is 1. The summed E-state index contributed by atoms with van der Waals surface area (Å²) in [6.07, 6.45) is 1.42. The Balaban J connectivity index is 1.74. The van der Waals surface area contributed by atoms with Gasteiger partial charge < -0.3 is 20.1 Å². The summed E-state index contributed by atoms with van der Waals surface area (Å²) in [5.41, 5.74) is 2.46. The predicted molar refractivity (Wildman–Crippen MR) is 184 cm³/mol. The Morgan fingerprint density at radius 2 is 1.55 bits per heavy atom. The van der Waals surface area contributed by atoms with Crippen molar-refractivity contribution in [3.63, 3.8) is 0 Å². The molecule has 0 fully saturated rings. The molecule has 0 saturated carbocycles. The number of urea groups is 1. The van der Waals surface area contributed by atoms with Crippen molar-refractivity contribution < 1.29 is 18.4 Å². The van der Waals surface area contributed by atoms with Gasteiger partial charge in [0, 0.05) is 55.6 Å². The Labute approximate surface area is 276 Å². The molecule has 3 aromatic carbocycles. The van der Waals surface area contributed by atoms with Crippen molar-refractivity contribution in [3.8, 4) is 10.4 Å². The zero-order valence-electron chi connectivity index (χ0n) is 26.9. The van der Waals surface area contributed by atoms with E-state index in [-0.39, 0.29) is 29.7 Å². The van der Waals surface area contributed by atoms with E-state index in [1.165, 1.54) is 47.7 Å². The summed E-state index contributed by atoms with van der Waals surface area (Å²) in [6, 6.07) is 20.3. The topological polar surface area (TPSA) is 86.7 Å². The quantitative estimate of drug-likeness (QED) is 0.171. The summed E-state index contributed by atoms with van der Waals surface area (Å²) in [5, 5.41) is 5.60. The Kier molecular flexibility index (Phi) is 10.2. The van der Waals surface area contributed by atoms with Crippen LogP contribution in [-0.2, 0) is 19.6 Å². The second-order valence-corrected chi connectivity index (χ2v) is 12.7. The lowest BCUT2D eigenvalue weighted by molar-refractivity contribution is 0.0753. The molecule has 2 N–H and O–H groups in total. The van der Waals surface area contributed by atoms with Gasteiger partial charge in [-0.3, -0.25) is 14.5 Å². The van der Waals surface area contributed by atoms with Crippen LogP contribution in [0.1, 0.15) is 40.9 Å². The van der Waals surface area contributed by atoms with Gasteiger partial charge in [0.2, 0.25) is 5.43 Å². The molecule has 47 heavy (non-hydrogen) atoms. The van der Waals surface area contributed by atoms with E-state index in [4.69, 9.17) is 0 Å². The number of anilines is 1. The van der Waals surface area contributed by atoms with Gasteiger partial charge in [-0.2, -0.15) is 0 Å². The maximum Gasteiger partial charge on any atom is 0.318 e. The standard InChI is InChI=1S/C36H37F2N5O3S/c1-22(2)42(5)34(45)28-21-43(20-26-29(37)12-9-13-30(26)38)35-31(32(28)44)27(19-41(4)18-23-10-7-6-8-11-23)33(47-35)24-14-16-25(17-15-24)40-36(46)39-3/h6-17,21-22H,18-20H2,1-5H3,(H2,39,40,46). The van der Waals surface area contributed by atoms with Gasteiger partial charge in [0.05, 0.1) is 11.9 Å². The Bertz CT molecular complexity index is 1950. The Morgan fingerprint density at radius 1 is 0.894 bits per heavy atom. The third-order valence-corrected chi connectivity index (χ3v) is 9.40. The summed E-state index contributed by atoms with van der Waals surface area (Å²) < 4.78 is 31.5. The minimum absolute atomic E-state index is 0.0770. The highest BCUT2D eigenvalue weighted by atomic mass is 32.1. The van der Waals surface area contributed by atoms with Crippen LogP contribution in [0, 0.1) is 11.6 Å². The molecule has 0 aliphatic carbocycles. The number of carbonyl (C=O) groups excluding carboxylic acids is 2. The van der Waals surface area contributed by atoms with Crippen molar-refractivity contribution >= 4 is 39.2 Å². The molecule has 0 atom stereocenters. The zero-order chi connectivity index (χ0) is 33.8. The van der Waals surface area contributed by atoms with Gasteiger partial charge in [0.15, 0.2) is 0 Å². The van der Waals surface area contributed by atoms with Crippen LogP contribution in [0.5, 0.6) is 0 Å². The van der Waals surface area contributed by atoms with Gasteiger partial charge in [0.1, 0.15) is 22.0 Å². The molecule has 11 heteroatoms. The SMILES string of the molecule is CNC(=O)Nc1ccc(-c2sc3c(c2CN(C)Cc2ccccc2)c(=O)c(C(=O)N(C)C(C)C)cn3Cc2c(F)cccc2F)cc1. The van der Waals surface area contributed by atoms with E-state index in [1.807, 2.05) is 63.4 Å². The number of benzene rings is 3. The minimum Gasteiger partial charge on any atom is -0.341 e. The highest BCUT2D eigenvalue weighted by Crippen LogP contribution is 2.39. The third kappa shape index (κ3) is 7.26. The van der Waals surface area contributed by atoms with Crippen LogP contribution < -0.4 is 16.1 Å². The van der Waals surface area contributed by atoms with E-state index in [9.17, 15) is 23.2 Å². The monoisotopic (exact) mass is 657 g/mol. The van der Waals surface area contributed by atoms with E-state index in [0.29, 0.717) is 34.6 Å². The maximum absolute atomic E-state index is 15.0. The van der Waals surface area contributed by atoms with Crippen LogP contribution in [0.15, 0.2) is 83.8 Å². The molecule has 5 aromatic rings. The molecule has 244 valence electrons. The highest BCUT2D eigenvalue weighted by molar-refractivity contribution is 7.22. The van der Waals surface area contributed by atoms with Crippen LogP contribution in [0.4, 0.5) is 19.3 Å². The van der Waals surface area contributed by atoms with Crippen molar-refractivity contribution in [3.05, 3.63) is 123 Å². The van der Waals surface area contributed by atoms with Gasteiger partial charge in [-0.1, -0.05) is 48.5 Å². The largest absolute Gasteiger partial charge is 0.341 e. The third-order valence-electron chi connectivity index (χ3n) is 8.08. The number of amides is 3. The fraction of sp³-hybridized carbons (Fsp3) is 0.250. The number of carbonyl (C=O) groups is 2. The number of nitrogens with one attached hydrogen (secondary N) is 2. The van der Waals surface area contributed by atoms with E-state index in [0.717, 1.165) is 16.0 Å². The van der Waals surface area contributed by atoms with E-state index < -0.39 is 23.0 Å². The Hall–Kier alpha value is -4.87. The molecule has 0 aliphatic heterocycles. The average Bonchev–Trinajstić information content (AvgIpc) is 3.43. The number of fused-ring (bicyclic) bond motifs is 1. The molecule has 3 amide bonds. The molecule has 0 bridgehead atoms. The van der Waals surface area contributed by atoms with Crippen molar-refractivity contribution in [2.45, 2.75) is 39.5 Å². The fourth-order valence-corrected chi connectivity index (χ4v) is 6.64. The molecular weight excluding hydrogens is 620 g/mol.